The Morgan fingerprint density at radius 3 is 2.38 bits per heavy atom. The average Bonchev–Trinajstić information content (AvgIpc) is 2.43. The van der Waals surface area contributed by atoms with Gasteiger partial charge >= 0.3 is 0 Å². The molecular formula is C18H25FN2. The maximum absolute atomic E-state index is 14.2. The topological polar surface area (TPSA) is 36.7 Å². The average molecular weight is 288 g/mol. The Labute approximate surface area is 127 Å². The number of nitriles is 1. The fraction of sp³-hybridized carbons (Fsp3) is 0.556. The monoisotopic (exact) mass is 288 g/mol. The van der Waals surface area contributed by atoms with Crippen molar-refractivity contribution in [2.24, 2.45) is 5.41 Å². The van der Waals surface area contributed by atoms with Crippen LogP contribution in [0.1, 0.15) is 65.8 Å². The van der Waals surface area contributed by atoms with Crippen LogP contribution in [0.4, 0.5) is 4.39 Å². The molecule has 0 aliphatic heterocycles. The Balaban J connectivity index is 2.89. The Bertz CT molecular complexity index is 572. The zero-order valence-electron chi connectivity index (χ0n) is 13.9. The van der Waals surface area contributed by atoms with Crippen LogP contribution in [0.3, 0.4) is 0 Å². The molecule has 0 saturated carbocycles. The molecule has 0 unspecified atom stereocenters. The number of rotatable bonds is 4. The van der Waals surface area contributed by atoms with Gasteiger partial charge in [-0.05, 0) is 37.5 Å². The fourth-order valence-corrected chi connectivity index (χ4v) is 2.25. The van der Waals surface area contributed by atoms with Gasteiger partial charge in [-0.15, -0.1) is 0 Å². The van der Waals surface area contributed by atoms with Gasteiger partial charge in [-0.2, -0.15) is 5.26 Å². The third kappa shape index (κ3) is 4.67. The molecular weight excluding hydrogens is 263 g/mol. The smallest absolute Gasteiger partial charge is 0.140 e. The van der Waals surface area contributed by atoms with Crippen molar-refractivity contribution in [2.75, 3.05) is 0 Å². The van der Waals surface area contributed by atoms with E-state index in [-0.39, 0.29) is 11.2 Å². The number of pyridine rings is 1. The van der Waals surface area contributed by atoms with Gasteiger partial charge in [0.2, 0.25) is 0 Å². The minimum atomic E-state index is -0.437. The molecule has 0 aromatic carbocycles. The van der Waals surface area contributed by atoms with Gasteiger partial charge in [0, 0.05) is 16.5 Å². The molecule has 1 rings (SSSR count). The van der Waals surface area contributed by atoms with E-state index in [4.69, 9.17) is 5.26 Å². The van der Waals surface area contributed by atoms with Gasteiger partial charge in [-0.3, -0.25) is 0 Å². The lowest BCUT2D eigenvalue weighted by molar-refractivity contribution is 0.369. The van der Waals surface area contributed by atoms with Crippen LogP contribution in [0.2, 0.25) is 0 Å². The number of hydrogen-bond acceptors (Lipinski definition) is 2. The lowest BCUT2D eigenvalue weighted by Crippen LogP contribution is -2.20. The summed E-state index contributed by atoms with van der Waals surface area (Å²) in [6.45, 7) is 11.7. The van der Waals surface area contributed by atoms with Gasteiger partial charge in [0.25, 0.3) is 0 Å². The number of nitrogens with zero attached hydrogens (tertiary/aromatic N) is 2. The van der Waals surface area contributed by atoms with E-state index >= 15 is 0 Å². The van der Waals surface area contributed by atoms with Gasteiger partial charge < -0.3 is 0 Å². The van der Waals surface area contributed by atoms with Crippen LogP contribution >= 0.6 is 0 Å². The highest BCUT2D eigenvalue weighted by Crippen LogP contribution is 2.34. The van der Waals surface area contributed by atoms with Crippen molar-refractivity contribution in [3.05, 3.63) is 41.0 Å². The highest BCUT2D eigenvalue weighted by Gasteiger charge is 2.25. The first-order chi connectivity index (χ1) is 9.58. The van der Waals surface area contributed by atoms with Crippen LogP contribution in [-0.2, 0) is 5.41 Å². The first-order valence-corrected chi connectivity index (χ1v) is 7.31. The van der Waals surface area contributed by atoms with E-state index in [0.29, 0.717) is 12.1 Å². The normalized spacial score (nSPS) is 13.6. The molecule has 3 heteroatoms. The molecule has 0 spiro atoms. The van der Waals surface area contributed by atoms with E-state index in [9.17, 15) is 4.39 Å². The predicted octanol–water partition coefficient (Wildman–Crippen LogP) is 5.30. The molecule has 0 fully saturated rings. The zero-order chi connectivity index (χ0) is 16.3. The Kier molecular flexibility index (Phi) is 5.28. The number of halogens is 1. The van der Waals surface area contributed by atoms with Crippen LogP contribution in [-0.4, -0.2) is 4.98 Å². The summed E-state index contributed by atoms with van der Waals surface area (Å²) in [7, 11) is 0. The molecule has 0 aliphatic rings. The highest BCUT2D eigenvalue weighted by atomic mass is 19.1. The molecule has 1 aromatic rings. The summed E-state index contributed by atoms with van der Waals surface area (Å²) in [4.78, 5) is 4.36. The molecule has 1 aromatic heterocycles. The minimum absolute atomic E-state index is 0.0305. The predicted molar refractivity (Wildman–Crippen MR) is 84.5 cm³/mol. The Hall–Kier alpha value is -1.69. The van der Waals surface area contributed by atoms with E-state index in [1.807, 2.05) is 39.8 Å². The number of aromatic nitrogens is 1. The molecule has 21 heavy (non-hydrogen) atoms. The van der Waals surface area contributed by atoms with Crippen molar-refractivity contribution < 1.29 is 4.39 Å². The van der Waals surface area contributed by atoms with E-state index < -0.39 is 5.41 Å². The fourth-order valence-electron chi connectivity index (χ4n) is 2.25. The lowest BCUT2D eigenvalue weighted by atomic mass is 9.81. The van der Waals surface area contributed by atoms with Gasteiger partial charge in [-0.25, -0.2) is 9.37 Å². The van der Waals surface area contributed by atoms with Crippen LogP contribution < -0.4 is 0 Å². The third-order valence-electron chi connectivity index (χ3n) is 3.72. The SMILES string of the molecule is C/C(CCC(C)(C)c1cccc(C#N)n1)=C(/F)C(C)(C)C. The van der Waals surface area contributed by atoms with Crippen molar-refractivity contribution in [3.63, 3.8) is 0 Å². The summed E-state index contributed by atoms with van der Waals surface area (Å²) in [5, 5.41) is 8.94. The van der Waals surface area contributed by atoms with Crippen molar-refractivity contribution in [1.82, 2.24) is 4.98 Å². The summed E-state index contributed by atoms with van der Waals surface area (Å²) >= 11 is 0. The van der Waals surface area contributed by atoms with Crippen molar-refractivity contribution >= 4 is 0 Å². The van der Waals surface area contributed by atoms with Crippen molar-refractivity contribution in [2.45, 2.75) is 59.8 Å². The molecule has 0 aliphatic carbocycles. The molecule has 0 atom stereocenters. The van der Waals surface area contributed by atoms with Gasteiger partial charge in [0.1, 0.15) is 17.6 Å². The first kappa shape index (κ1) is 17.4. The van der Waals surface area contributed by atoms with Crippen molar-refractivity contribution in [1.29, 1.82) is 5.26 Å². The zero-order valence-corrected chi connectivity index (χ0v) is 13.9. The van der Waals surface area contributed by atoms with Gasteiger partial charge in [0.05, 0.1) is 0 Å². The number of allylic oxidation sites excluding steroid dienone is 2. The Morgan fingerprint density at radius 1 is 1.24 bits per heavy atom. The summed E-state index contributed by atoms with van der Waals surface area (Å²) in [5.41, 5.74) is 1.48. The maximum Gasteiger partial charge on any atom is 0.140 e. The second kappa shape index (κ2) is 6.39. The quantitative estimate of drug-likeness (QED) is 0.753. The second-order valence-electron chi connectivity index (χ2n) is 7.25. The van der Waals surface area contributed by atoms with E-state index in [2.05, 4.69) is 24.9 Å². The molecule has 114 valence electrons. The largest absolute Gasteiger partial charge is 0.242 e. The molecule has 2 nitrogen and oxygen atoms in total. The van der Waals surface area contributed by atoms with Gasteiger partial charge in [0.15, 0.2) is 0 Å². The second-order valence-corrected chi connectivity index (χ2v) is 7.25. The lowest BCUT2D eigenvalue weighted by Gasteiger charge is -2.25. The van der Waals surface area contributed by atoms with Crippen LogP contribution in [0.25, 0.3) is 0 Å². The summed E-state index contributed by atoms with van der Waals surface area (Å²) in [6, 6.07) is 7.54. The minimum Gasteiger partial charge on any atom is -0.242 e. The van der Waals surface area contributed by atoms with Crippen molar-refractivity contribution in [3.8, 4) is 6.07 Å². The molecule has 0 N–H and O–H groups in total. The van der Waals surface area contributed by atoms with Crippen LogP contribution in [0.15, 0.2) is 29.6 Å². The van der Waals surface area contributed by atoms with Crippen LogP contribution in [0.5, 0.6) is 0 Å². The molecule has 0 amide bonds. The van der Waals surface area contributed by atoms with E-state index in [1.54, 1.807) is 6.07 Å². The standard InChI is InChI=1S/C18H25FN2/c1-13(16(19)17(2,3)4)10-11-18(5,6)15-9-7-8-14(12-20)21-15/h7-9H,10-11H2,1-6H3/b16-13-. The van der Waals surface area contributed by atoms with E-state index in [0.717, 1.165) is 17.7 Å². The van der Waals surface area contributed by atoms with Gasteiger partial charge in [-0.1, -0.05) is 40.7 Å². The molecule has 1 heterocycles. The molecule has 0 bridgehead atoms. The van der Waals surface area contributed by atoms with E-state index in [1.165, 1.54) is 0 Å². The first-order valence-electron chi connectivity index (χ1n) is 7.31. The summed E-state index contributed by atoms with van der Waals surface area (Å²) in [5.74, 6) is -0.0305. The summed E-state index contributed by atoms with van der Waals surface area (Å²) < 4.78 is 14.2. The maximum atomic E-state index is 14.2. The molecule has 0 saturated heterocycles. The Morgan fingerprint density at radius 2 is 1.86 bits per heavy atom. The molecule has 0 radical (unpaired) electrons. The van der Waals surface area contributed by atoms with Crippen LogP contribution in [0, 0.1) is 16.7 Å². The highest BCUT2D eigenvalue weighted by molar-refractivity contribution is 5.26. The third-order valence-corrected chi connectivity index (χ3v) is 3.72. The number of hydrogen-bond donors (Lipinski definition) is 0. The summed E-state index contributed by atoms with van der Waals surface area (Å²) in [6.07, 6.45) is 1.48.